The van der Waals surface area contributed by atoms with Crippen LogP contribution in [0.4, 0.5) is 11.6 Å². The molecule has 1 amide bonds. The van der Waals surface area contributed by atoms with Gasteiger partial charge in [0.2, 0.25) is 15.9 Å². The molecule has 0 aromatic carbocycles. The fraction of sp³-hybridized carbons (Fsp3) is 0.421. The predicted octanol–water partition coefficient (Wildman–Crippen LogP) is 2.13. The lowest BCUT2D eigenvalue weighted by Gasteiger charge is -2.36. The van der Waals surface area contributed by atoms with Gasteiger partial charge in [-0.1, -0.05) is 12.1 Å². The first-order valence-electron chi connectivity index (χ1n) is 9.22. The quantitative estimate of drug-likeness (QED) is 0.766. The molecule has 8 nitrogen and oxygen atoms in total. The third-order valence-electron chi connectivity index (χ3n) is 4.74. The Morgan fingerprint density at radius 2 is 2.07 bits per heavy atom. The largest absolute Gasteiger partial charge is 0.334 e. The van der Waals surface area contributed by atoms with Crippen molar-refractivity contribution < 1.29 is 13.2 Å². The van der Waals surface area contributed by atoms with Gasteiger partial charge in [0.25, 0.3) is 0 Å². The number of amides is 1. The number of likely N-dealkylation sites (tertiary alicyclic amines) is 1. The fourth-order valence-corrected chi connectivity index (χ4v) is 3.67. The minimum atomic E-state index is -3.40. The van der Waals surface area contributed by atoms with E-state index in [0.29, 0.717) is 12.4 Å². The first kappa shape index (κ1) is 20.2. The van der Waals surface area contributed by atoms with Crippen LogP contribution in [0.25, 0.3) is 0 Å². The number of anilines is 2. The smallest absolute Gasteiger partial charge is 0.238 e. The molecule has 2 aromatic heterocycles. The average molecular weight is 404 g/mol. The molecule has 1 aliphatic heterocycles. The van der Waals surface area contributed by atoms with Gasteiger partial charge in [0.15, 0.2) is 0 Å². The van der Waals surface area contributed by atoms with Crippen LogP contribution in [0.3, 0.4) is 0 Å². The highest BCUT2D eigenvalue weighted by Crippen LogP contribution is 2.31. The third kappa shape index (κ3) is 5.26. The number of aryl methyl sites for hydroxylation is 1. The Kier molecular flexibility index (Phi) is 6.25. The summed E-state index contributed by atoms with van der Waals surface area (Å²) in [6.45, 7) is 2.36. The highest BCUT2D eigenvalue weighted by atomic mass is 32.2. The standard InChI is InChI=1S/C19H25N5O3S/c1-14-6-5-10-20-19(14)23-17-9-8-15(12-21-17)16-7-3-4-11-24(16)18(25)13-22-28(2,26)27/h5-6,8-10,12,16,22H,3-4,7,11,13H2,1-2H3,(H,20,21,23). The topological polar surface area (TPSA) is 104 Å². The number of carbonyl (C=O) groups is 1. The Bertz CT molecular complexity index is 931. The number of aromatic nitrogens is 2. The van der Waals surface area contributed by atoms with E-state index in [1.807, 2.05) is 31.2 Å². The molecule has 9 heteroatoms. The Hall–Kier alpha value is -2.52. The van der Waals surface area contributed by atoms with Crippen LogP contribution in [0.5, 0.6) is 0 Å². The van der Waals surface area contributed by atoms with E-state index >= 15 is 0 Å². The van der Waals surface area contributed by atoms with Crippen molar-refractivity contribution in [2.24, 2.45) is 0 Å². The lowest BCUT2D eigenvalue weighted by Crippen LogP contribution is -2.44. The summed E-state index contributed by atoms with van der Waals surface area (Å²) in [5.41, 5.74) is 1.96. The minimum absolute atomic E-state index is 0.0965. The van der Waals surface area contributed by atoms with Gasteiger partial charge in [-0.05, 0) is 49.4 Å². The van der Waals surface area contributed by atoms with E-state index in [-0.39, 0.29) is 18.5 Å². The number of carbonyl (C=O) groups excluding carboxylic acids is 1. The second-order valence-electron chi connectivity index (χ2n) is 6.96. The first-order chi connectivity index (χ1) is 13.3. The van der Waals surface area contributed by atoms with Crippen molar-refractivity contribution in [3.63, 3.8) is 0 Å². The van der Waals surface area contributed by atoms with E-state index in [4.69, 9.17) is 0 Å². The summed E-state index contributed by atoms with van der Waals surface area (Å²) in [4.78, 5) is 23.0. The molecule has 1 saturated heterocycles. The molecular weight excluding hydrogens is 378 g/mol. The third-order valence-corrected chi connectivity index (χ3v) is 5.40. The molecule has 0 radical (unpaired) electrons. The summed E-state index contributed by atoms with van der Waals surface area (Å²) in [6, 6.07) is 7.58. The van der Waals surface area contributed by atoms with Crippen LogP contribution in [0, 0.1) is 6.92 Å². The van der Waals surface area contributed by atoms with Crippen molar-refractivity contribution in [2.75, 3.05) is 24.7 Å². The van der Waals surface area contributed by atoms with Gasteiger partial charge in [-0.2, -0.15) is 0 Å². The molecule has 1 aliphatic rings. The van der Waals surface area contributed by atoms with Crippen molar-refractivity contribution in [1.82, 2.24) is 19.6 Å². The molecule has 2 N–H and O–H groups in total. The van der Waals surface area contributed by atoms with Crippen molar-refractivity contribution >= 4 is 27.6 Å². The summed E-state index contributed by atoms with van der Waals surface area (Å²) in [5.74, 6) is 1.21. The maximum Gasteiger partial charge on any atom is 0.238 e. The molecule has 1 fully saturated rings. The molecule has 3 heterocycles. The van der Waals surface area contributed by atoms with Crippen molar-refractivity contribution in [1.29, 1.82) is 0 Å². The average Bonchev–Trinajstić information content (AvgIpc) is 2.68. The molecule has 0 aliphatic carbocycles. The number of hydrogen-bond donors (Lipinski definition) is 2. The zero-order valence-corrected chi connectivity index (χ0v) is 16.9. The summed E-state index contributed by atoms with van der Waals surface area (Å²) >= 11 is 0. The van der Waals surface area contributed by atoms with Gasteiger partial charge in [-0.15, -0.1) is 0 Å². The van der Waals surface area contributed by atoms with Crippen LogP contribution in [0.1, 0.15) is 36.4 Å². The number of rotatable bonds is 6. The van der Waals surface area contributed by atoms with E-state index in [2.05, 4.69) is 20.0 Å². The van der Waals surface area contributed by atoms with Crippen LogP contribution >= 0.6 is 0 Å². The van der Waals surface area contributed by atoms with Gasteiger partial charge in [0.05, 0.1) is 18.8 Å². The van der Waals surface area contributed by atoms with E-state index in [1.165, 1.54) is 0 Å². The molecule has 150 valence electrons. The van der Waals surface area contributed by atoms with Crippen molar-refractivity contribution in [2.45, 2.75) is 32.2 Å². The lowest BCUT2D eigenvalue weighted by molar-refractivity contribution is -0.133. The maximum absolute atomic E-state index is 12.5. The number of nitrogens with zero attached hydrogens (tertiary/aromatic N) is 3. The number of sulfonamides is 1. The lowest BCUT2D eigenvalue weighted by atomic mass is 9.96. The molecule has 1 atom stereocenters. The molecule has 28 heavy (non-hydrogen) atoms. The zero-order valence-electron chi connectivity index (χ0n) is 16.1. The monoisotopic (exact) mass is 403 g/mol. The first-order valence-corrected chi connectivity index (χ1v) is 11.1. The number of hydrogen-bond acceptors (Lipinski definition) is 6. The predicted molar refractivity (Wildman–Crippen MR) is 108 cm³/mol. The SMILES string of the molecule is Cc1cccnc1Nc1ccc(C2CCCCN2C(=O)CNS(C)(=O)=O)cn1. The molecule has 3 rings (SSSR count). The van der Waals surface area contributed by atoms with Crippen LogP contribution in [0.2, 0.25) is 0 Å². The van der Waals surface area contributed by atoms with Gasteiger partial charge in [-0.25, -0.2) is 23.1 Å². The summed E-state index contributed by atoms with van der Waals surface area (Å²) in [6.07, 6.45) is 7.29. The summed E-state index contributed by atoms with van der Waals surface area (Å²) < 4.78 is 24.8. The molecule has 0 bridgehead atoms. The molecule has 0 spiro atoms. The van der Waals surface area contributed by atoms with Gasteiger partial charge in [-0.3, -0.25) is 4.79 Å². The highest BCUT2D eigenvalue weighted by molar-refractivity contribution is 7.88. The molecule has 1 unspecified atom stereocenters. The Labute approximate surface area is 165 Å². The van der Waals surface area contributed by atoms with Crippen LogP contribution < -0.4 is 10.0 Å². The van der Waals surface area contributed by atoms with Crippen LogP contribution in [-0.2, 0) is 14.8 Å². The molecular formula is C19H25N5O3S. The van der Waals surface area contributed by atoms with Crippen molar-refractivity contribution in [3.05, 3.63) is 47.8 Å². The van der Waals surface area contributed by atoms with Gasteiger partial charge < -0.3 is 10.2 Å². The number of piperidine rings is 1. The Morgan fingerprint density at radius 3 is 2.75 bits per heavy atom. The normalized spacial score (nSPS) is 17.4. The van der Waals surface area contributed by atoms with Gasteiger partial charge in [0.1, 0.15) is 11.6 Å². The van der Waals surface area contributed by atoms with Crippen LogP contribution in [-0.4, -0.2) is 48.5 Å². The Balaban J connectivity index is 1.71. The second kappa shape index (κ2) is 8.66. The Morgan fingerprint density at radius 1 is 1.25 bits per heavy atom. The summed E-state index contributed by atoms with van der Waals surface area (Å²) in [7, 11) is -3.40. The van der Waals surface area contributed by atoms with Gasteiger partial charge in [0, 0.05) is 18.9 Å². The van der Waals surface area contributed by atoms with E-state index in [0.717, 1.165) is 42.5 Å². The van der Waals surface area contributed by atoms with Gasteiger partial charge >= 0.3 is 0 Å². The molecule has 0 saturated carbocycles. The van der Waals surface area contributed by atoms with Crippen molar-refractivity contribution in [3.8, 4) is 0 Å². The van der Waals surface area contributed by atoms with Crippen LogP contribution in [0.15, 0.2) is 36.7 Å². The van der Waals surface area contributed by atoms with E-state index in [9.17, 15) is 13.2 Å². The second-order valence-corrected chi connectivity index (χ2v) is 8.80. The van der Waals surface area contributed by atoms with E-state index in [1.54, 1.807) is 17.3 Å². The van der Waals surface area contributed by atoms with E-state index < -0.39 is 10.0 Å². The number of pyridine rings is 2. The summed E-state index contributed by atoms with van der Waals surface area (Å²) in [5, 5.41) is 3.19. The zero-order chi connectivity index (χ0) is 20.1. The number of nitrogens with one attached hydrogen (secondary N) is 2. The highest BCUT2D eigenvalue weighted by Gasteiger charge is 2.28. The maximum atomic E-state index is 12.5. The molecule has 2 aromatic rings. The fourth-order valence-electron chi connectivity index (χ4n) is 3.29. The minimum Gasteiger partial charge on any atom is -0.334 e.